The van der Waals surface area contributed by atoms with Crippen molar-refractivity contribution < 1.29 is 56.8 Å². The van der Waals surface area contributed by atoms with E-state index in [1.54, 1.807) is 0 Å². The Morgan fingerprint density at radius 1 is 0.317 bits per heavy atom. The smallest absolute Gasteiger partial charge is 0.0703 e. The normalized spacial score (nSPS) is 11.7. The van der Waals surface area contributed by atoms with Crippen LogP contribution < -0.4 is 5.32 Å². The topological polar surface area (TPSA) is 123 Å². The van der Waals surface area contributed by atoms with Crippen LogP contribution >= 0.6 is 0 Å². The van der Waals surface area contributed by atoms with Gasteiger partial charge in [-0.1, -0.05) is 0 Å². The van der Waals surface area contributed by atoms with Crippen molar-refractivity contribution in [3.63, 3.8) is 0 Å². The van der Waals surface area contributed by atoms with Gasteiger partial charge in [0.1, 0.15) is 0 Å². The molecule has 0 unspecified atom stereocenters. The summed E-state index contributed by atoms with van der Waals surface area (Å²) < 4.78 is 65.2. The molecule has 0 aromatic rings. The van der Waals surface area contributed by atoms with E-state index in [9.17, 15) is 0 Å². The highest BCUT2D eigenvalue weighted by molar-refractivity contribution is 4.40. The molecule has 1 N–H and O–H groups in total. The Morgan fingerprint density at radius 3 is 0.707 bits per heavy atom. The van der Waals surface area contributed by atoms with Crippen LogP contribution in [-0.4, -0.2) is 172 Å². The minimum atomic E-state index is 0.233. The zero-order valence-corrected chi connectivity index (χ0v) is 25.9. The van der Waals surface area contributed by atoms with Gasteiger partial charge in [-0.05, 0) is 20.9 Å². The maximum absolute atomic E-state index is 5.47. The van der Waals surface area contributed by atoms with Gasteiger partial charge in [-0.2, -0.15) is 0 Å². The van der Waals surface area contributed by atoms with Gasteiger partial charge in [0, 0.05) is 6.54 Å². The van der Waals surface area contributed by atoms with Crippen molar-refractivity contribution in [2.24, 2.45) is 0 Å². The van der Waals surface area contributed by atoms with Gasteiger partial charge >= 0.3 is 0 Å². The van der Waals surface area contributed by atoms with Gasteiger partial charge < -0.3 is 62.2 Å². The third kappa shape index (κ3) is 39.5. The quantitative estimate of drug-likeness (QED) is 0.101. The number of rotatable bonds is 37. The van der Waals surface area contributed by atoms with Crippen LogP contribution in [0.25, 0.3) is 0 Å². The first-order chi connectivity index (χ1) is 20.3. The molecule has 0 saturated carbocycles. The Kier molecular flexibility index (Phi) is 37.0. The maximum atomic E-state index is 5.47. The van der Waals surface area contributed by atoms with Gasteiger partial charge in [-0.15, -0.1) is 0 Å². The van der Waals surface area contributed by atoms with Crippen LogP contribution in [0, 0.1) is 0 Å². The van der Waals surface area contributed by atoms with Crippen LogP contribution in [0.4, 0.5) is 0 Å². The molecular weight excluding hydrogens is 542 g/mol. The van der Waals surface area contributed by atoms with Gasteiger partial charge in [-0.25, -0.2) is 0 Å². The van der Waals surface area contributed by atoms with E-state index in [-0.39, 0.29) is 6.10 Å². The van der Waals surface area contributed by atoms with E-state index in [4.69, 9.17) is 56.8 Å². The van der Waals surface area contributed by atoms with Crippen LogP contribution in [0.1, 0.15) is 13.8 Å². The van der Waals surface area contributed by atoms with Gasteiger partial charge in [0.25, 0.3) is 0 Å². The molecule has 0 amide bonds. The van der Waals surface area contributed by atoms with E-state index in [0.717, 1.165) is 6.54 Å². The van der Waals surface area contributed by atoms with E-state index in [1.807, 2.05) is 20.9 Å². The molecule has 0 atom stereocenters. The molecular formula is C28H59NO12. The monoisotopic (exact) mass is 601 g/mol. The van der Waals surface area contributed by atoms with Crippen LogP contribution in [0.3, 0.4) is 0 Å². The van der Waals surface area contributed by atoms with E-state index in [0.29, 0.717) is 152 Å². The number of ether oxygens (including phenoxy) is 12. The molecule has 13 heteroatoms. The van der Waals surface area contributed by atoms with Gasteiger partial charge in [0.2, 0.25) is 0 Å². The standard InChI is InChI=1S/C28H59NO12/c1-28(2)41-27-26-40-25-24-39-23-22-38-21-20-37-19-18-36-17-16-35-15-14-34-13-12-33-11-10-32-9-8-31-7-6-30-5-4-29-3/h28-29H,4-27H2,1-3H3. The molecule has 0 spiro atoms. The molecule has 0 aromatic carbocycles. The highest BCUT2D eigenvalue weighted by atomic mass is 16.6. The summed E-state index contributed by atoms with van der Waals surface area (Å²) in [4.78, 5) is 0. The average Bonchev–Trinajstić information content (AvgIpc) is 2.97. The lowest BCUT2D eigenvalue weighted by molar-refractivity contribution is -0.0292. The van der Waals surface area contributed by atoms with Crippen LogP contribution in [0.5, 0.6) is 0 Å². The molecule has 0 saturated heterocycles. The summed E-state index contributed by atoms with van der Waals surface area (Å²) in [5.74, 6) is 0. The molecule has 0 aliphatic heterocycles. The van der Waals surface area contributed by atoms with Crippen molar-refractivity contribution in [1.29, 1.82) is 0 Å². The van der Waals surface area contributed by atoms with Crippen molar-refractivity contribution in [3.05, 3.63) is 0 Å². The lowest BCUT2D eigenvalue weighted by atomic mass is 10.5. The lowest BCUT2D eigenvalue weighted by Crippen LogP contribution is -2.17. The molecule has 0 aromatic heterocycles. The largest absolute Gasteiger partial charge is 0.378 e. The molecule has 0 rings (SSSR count). The van der Waals surface area contributed by atoms with E-state index in [1.165, 1.54) is 0 Å². The first kappa shape index (κ1) is 40.5. The summed E-state index contributed by atoms with van der Waals surface area (Å²) >= 11 is 0. The second-order valence-corrected chi connectivity index (χ2v) is 8.76. The third-order valence-electron chi connectivity index (χ3n) is 4.90. The minimum Gasteiger partial charge on any atom is -0.378 e. The highest BCUT2D eigenvalue weighted by Crippen LogP contribution is 1.89. The summed E-state index contributed by atoms with van der Waals surface area (Å²) in [5.41, 5.74) is 0. The Balaban J connectivity index is 3.03. The zero-order valence-electron chi connectivity index (χ0n) is 25.9. The van der Waals surface area contributed by atoms with Crippen molar-refractivity contribution in [3.8, 4) is 0 Å². The predicted molar refractivity (Wildman–Crippen MR) is 154 cm³/mol. The number of hydrogen-bond acceptors (Lipinski definition) is 13. The molecule has 0 aliphatic carbocycles. The second-order valence-electron chi connectivity index (χ2n) is 8.76. The Hall–Kier alpha value is -0.520. The fourth-order valence-electron chi connectivity index (χ4n) is 2.82. The Labute approximate surface area is 248 Å². The van der Waals surface area contributed by atoms with Crippen LogP contribution in [0.2, 0.25) is 0 Å². The predicted octanol–water partition coefficient (Wildman–Crippen LogP) is 0.813. The van der Waals surface area contributed by atoms with Crippen molar-refractivity contribution in [1.82, 2.24) is 5.32 Å². The van der Waals surface area contributed by atoms with E-state index in [2.05, 4.69) is 5.32 Å². The lowest BCUT2D eigenvalue weighted by Gasteiger charge is -2.09. The summed E-state index contributed by atoms with van der Waals surface area (Å²) in [7, 11) is 1.90. The molecule has 0 aliphatic rings. The molecule has 41 heavy (non-hydrogen) atoms. The van der Waals surface area contributed by atoms with Crippen molar-refractivity contribution in [2.75, 3.05) is 166 Å². The summed E-state index contributed by atoms with van der Waals surface area (Å²) in [6.07, 6.45) is 0.233. The fourth-order valence-corrected chi connectivity index (χ4v) is 2.82. The zero-order chi connectivity index (χ0) is 29.7. The maximum Gasteiger partial charge on any atom is 0.0703 e. The minimum absolute atomic E-state index is 0.233. The number of likely N-dealkylation sites (N-methyl/N-ethyl adjacent to an activating group) is 1. The van der Waals surface area contributed by atoms with Crippen LogP contribution in [0.15, 0.2) is 0 Å². The van der Waals surface area contributed by atoms with Gasteiger partial charge in [0.15, 0.2) is 0 Å². The number of hydrogen-bond donors (Lipinski definition) is 1. The molecule has 0 radical (unpaired) electrons. The molecule has 248 valence electrons. The number of nitrogens with one attached hydrogen (secondary N) is 1. The van der Waals surface area contributed by atoms with Crippen LogP contribution in [-0.2, 0) is 56.8 Å². The van der Waals surface area contributed by atoms with Gasteiger partial charge in [-0.3, -0.25) is 0 Å². The summed E-state index contributed by atoms with van der Waals surface area (Å²) in [5, 5.41) is 3.02. The first-order valence-corrected chi connectivity index (χ1v) is 14.9. The van der Waals surface area contributed by atoms with E-state index >= 15 is 0 Å². The van der Waals surface area contributed by atoms with E-state index < -0.39 is 0 Å². The average molecular weight is 602 g/mol. The Bertz CT molecular complexity index is 466. The molecule has 13 nitrogen and oxygen atoms in total. The Morgan fingerprint density at radius 2 is 0.512 bits per heavy atom. The molecule has 0 heterocycles. The molecule has 0 fully saturated rings. The van der Waals surface area contributed by atoms with Crippen molar-refractivity contribution in [2.45, 2.75) is 20.0 Å². The second kappa shape index (κ2) is 37.5. The SMILES string of the molecule is CNCCOCCOCCOCCOCCOCCOCCOCCOCCOCCOCCOCCOC(C)C. The summed E-state index contributed by atoms with van der Waals surface area (Å²) in [6, 6.07) is 0. The first-order valence-electron chi connectivity index (χ1n) is 14.9. The fraction of sp³-hybridized carbons (Fsp3) is 1.00. The van der Waals surface area contributed by atoms with Gasteiger partial charge in [0.05, 0.1) is 158 Å². The third-order valence-corrected chi connectivity index (χ3v) is 4.90. The molecule has 0 bridgehead atoms. The highest BCUT2D eigenvalue weighted by Gasteiger charge is 1.97. The van der Waals surface area contributed by atoms with Crippen molar-refractivity contribution >= 4 is 0 Å². The summed E-state index contributed by atoms with van der Waals surface area (Å²) in [6.45, 7) is 17.5.